The summed E-state index contributed by atoms with van der Waals surface area (Å²) in [6.07, 6.45) is 1.61. The van der Waals surface area contributed by atoms with Crippen LogP contribution in [0.5, 0.6) is 5.75 Å². The molecule has 1 aromatic heterocycles. The Labute approximate surface area is 169 Å². The lowest BCUT2D eigenvalue weighted by molar-refractivity contribution is 0.0938. The average molecular weight is 396 g/mol. The highest BCUT2D eigenvalue weighted by Crippen LogP contribution is 2.21. The second-order valence-electron chi connectivity index (χ2n) is 6.62. The number of anilines is 2. The summed E-state index contributed by atoms with van der Waals surface area (Å²) in [7, 11) is 0. The smallest absolute Gasteiger partial charge is 0.270 e. The molecule has 1 heterocycles. The zero-order valence-corrected chi connectivity index (χ0v) is 16.5. The van der Waals surface area contributed by atoms with Crippen LogP contribution >= 0.6 is 11.6 Å². The molecule has 0 aliphatic rings. The highest BCUT2D eigenvalue weighted by Gasteiger charge is 2.09. The molecule has 144 valence electrons. The van der Waals surface area contributed by atoms with Gasteiger partial charge in [0.2, 0.25) is 0 Å². The van der Waals surface area contributed by atoms with Crippen LogP contribution in [0.1, 0.15) is 29.9 Å². The summed E-state index contributed by atoms with van der Waals surface area (Å²) in [6, 6.07) is 18.8. The molecular weight excluding hydrogens is 374 g/mol. The van der Waals surface area contributed by atoms with Gasteiger partial charge in [0.25, 0.3) is 5.91 Å². The number of hydrogen-bond acceptors (Lipinski definition) is 4. The summed E-state index contributed by atoms with van der Waals surface area (Å²) in [5.74, 6) is 0.580. The Kier molecular flexibility index (Phi) is 6.50. The van der Waals surface area contributed by atoms with Crippen LogP contribution in [0.4, 0.5) is 11.4 Å². The predicted molar refractivity (Wildman–Crippen MR) is 112 cm³/mol. The van der Waals surface area contributed by atoms with Crippen LogP contribution < -0.4 is 15.4 Å². The summed E-state index contributed by atoms with van der Waals surface area (Å²) in [4.78, 5) is 16.2. The van der Waals surface area contributed by atoms with Crippen LogP contribution in [-0.2, 0) is 6.61 Å². The van der Waals surface area contributed by atoms with E-state index in [1.807, 2.05) is 68.4 Å². The van der Waals surface area contributed by atoms with Crippen molar-refractivity contribution in [1.29, 1.82) is 0 Å². The van der Waals surface area contributed by atoms with Gasteiger partial charge in [-0.1, -0.05) is 23.7 Å². The molecule has 5 nitrogen and oxygen atoms in total. The Hall–Kier alpha value is -3.05. The highest BCUT2D eigenvalue weighted by molar-refractivity contribution is 6.30. The molecule has 0 unspecified atom stereocenters. The van der Waals surface area contributed by atoms with E-state index in [9.17, 15) is 4.79 Å². The fourth-order valence-electron chi connectivity index (χ4n) is 2.52. The number of amides is 1. The van der Waals surface area contributed by atoms with E-state index in [4.69, 9.17) is 16.3 Å². The Morgan fingerprint density at radius 2 is 1.75 bits per heavy atom. The molecule has 6 heteroatoms. The Bertz CT molecular complexity index is 925. The first kappa shape index (κ1) is 19.7. The van der Waals surface area contributed by atoms with Crippen molar-refractivity contribution in [2.24, 2.45) is 0 Å². The lowest BCUT2D eigenvalue weighted by atomic mass is 10.2. The topological polar surface area (TPSA) is 63.2 Å². The molecule has 1 amide bonds. The van der Waals surface area contributed by atoms with Gasteiger partial charge in [-0.3, -0.25) is 9.78 Å². The molecule has 0 saturated heterocycles. The largest absolute Gasteiger partial charge is 0.489 e. The molecule has 0 bridgehead atoms. The average Bonchev–Trinajstić information content (AvgIpc) is 2.68. The SMILES string of the molecule is CC(C)NC(=O)c1cc(Nc2ccc(OCc3ccc(Cl)cc3)cc2)ccn1. The predicted octanol–water partition coefficient (Wildman–Crippen LogP) is 5.20. The molecule has 2 aromatic carbocycles. The summed E-state index contributed by atoms with van der Waals surface area (Å²) in [6.45, 7) is 4.30. The first-order valence-corrected chi connectivity index (χ1v) is 9.38. The van der Waals surface area contributed by atoms with Crippen molar-refractivity contribution >= 4 is 28.9 Å². The van der Waals surface area contributed by atoms with Gasteiger partial charge in [-0.15, -0.1) is 0 Å². The van der Waals surface area contributed by atoms with Gasteiger partial charge in [0, 0.05) is 28.6 Å². The minimum Gasteiger partial charge on any atom is -0.489 e. The fraction of sp³-hybridized carbons (Fsp3) is 0.182. The highest BCUT2D eigenvalue weighted by atomic mass is 35.5. The molecular formula is C22H22ClN3O2. The van der Waals surface area contributed by atoms with Gasteiger partial charge < -0.3 is 15.4 Å². The van der Waals surface area contributed by atoms with E-state index in [0.717, 1.165) is 22.7 Å². The van der Waals surface area contributed by atoms with E-state index < -0.39 is 0 Å². The Balaban J connectivity index is 1.59. The molecule has 0 saturated carbocycles. The van der Waals surface area contributed by atoms with Crippen molar-refractivity contribution in [3.8, 4) is 5.75 Å². The number of nitrogens with one attached hydrogen (secondary N) is 2. The maximum atomic E-state index is 12.1. The quantitative estimate of drug-likeness (QED) is 0.577. The monoisotopic (exact) mass is 395 g/mol. The molecule has 2 N–H and O–H groups in total. The fourth-order valence-corrected chi connectivity index (χ4v) is 2.64. The number of halogens is 1. The van der Waals surface area contributed by atoms with Crippen LogP contribution in [-0.4, -0.2) is 16.9 Å². The summed E-state index contributed by atoms with van der Waals surface area (Å²) in [5.41, 5.74) is 3.11. The normalized spacial score (nSPS) is 10.6. The second kappa shape index (κ2) is 9.24. The zero-order chi connectivity index (χ0) is 19.9. The number of pyridine rings is 1. The molecule has 0 aliphatic carbocycles. The Morgan fingerprint density at radius 3 is 2.43 bits per heavy atom. The molecule has 28 heavy (non-hydrogen) atoms. The molecule has 0 spiro atoms. The van der Waals surface area contributed by atoms with Gasteiger partial charge in [0.05, 0.1) is 0 Å². The van der Waals surface area contributed by atoms with E-state index in [-0.39, 0.29) is 11.9 Å². The van der Waals surface area contributed by atoms with Gasteiger partial charge in [-0.2, -0.15) is 0 Å². The maximum Gasteiger partial charge on any atom is 0.270 e. The Morgan fingerprint density at radius 1 is 1.04 bits per heavy atom. The van der Waals surface area contributed by atoms with E-state index in [1.165, 1.54) is 0 Å². The first-order chi connectivity index (χ1) is 13.5. The molecule has 0 aliphatic heterocycles. The third-order valence-corrected chi connectivity index (χ3v) is 4.13. The summed E-state index contributed by atoms with van der Waals surface area (Å²) >= 11 is 5.89. The van der Waals surface area contributed by atoms with E-state index >= 15 is 0 Å². The van der Waals surface area contributed by atoms with E-state index in [2.05, 4.69) is 15.6 Å². The second-order valence-corrected chi connectivity index (χ2v) is 7.06. The lowest BCUT2D eigenvalue weighted by Gasteiger charge is -2.11. The summed E-state index contributed by atoms with van der Waals surface area (Å²) < 4.78 is 5.79. The van der Waals surface area contributed by atoms with Crippen LogP contribution in [0, 0.1) is 0 Å². The van der Waals surface area contributed by atoms with Gasteiger partial charge in [-0.25, -0.2) is 0 Å². The zero-order valence-electron chi connectivity index (χ0n) is 15.8. The molecule has 0 atom stereocenters. The molecule has 0 fully saturated rings. The van der Waals surface area contributed by atoms with Crippen LogP contribution in [0.2, 0.25) is 5.02 Å². The standard InChI is InChI=1S/C22H22ClN3O2/c1-15(2)25-22(27)21-13-19(11-12-24-21)26-18-7-9-20(10-8-18)28-14-16-3-5-17(23)6-4-16/h3-13,15H,14H2,1-2H3,(H,24,26)(H,25,27). The number of rotatable bonds is 7. The number of benzene rings is 2. The van der Waals surface area contributed by atoms with Gasteiger partial charge in [-0.05, 0) is 67.9 Å². The van der Waals surface area contributed by atoms with Crippen molar-refractivity contribution in [3.63, 3.8) is 0 Å². The van der Waals surface area contributed by atoms with Gasteiger partial charge in [0.15, 0.2) is 0 Å². The van der Waals surface area contributed by atoms with Crippen molar-refractivity contribution in [2.75, 3.05) is 5.32 Å². The first-order valence-electron chi connectivity index (χ1n) is 9.01. The van der Waals surface area contributed by atoms with Crippen LogP contribution in [0.3, 0.4) is 0 Å². The van der Waals surface area contributed by atoms with Crippen LogP contribution in [0.25, 0.3) is 0 Å². The van der Waals surface area contributed by atoms with Crippen LogP contribution in [0.15, 0.2) is 66.9 Å². The van der Waals surface area contributed by atoms with Gasteiger partial charge in [0.1, 0.15) is 18.1 Å². The number of ether oxygens (including phenoxy) is 1. The van der Waals surface area contributed by atoms with E-state index in [1.54, 1.807) is 12.3 Å². The van der Waals surface area contributed by atoms with Crippen molar-refractivity contribution in [1.82, 2.24) is 10.3 Å². The van der Waals surface area contributed by atoms with Gasteiger partial charge >= 0.3 is 0 Å². The minimum atomic E-state index is -0.190. The van der Waals surface area contributed by atoms with E-state index in [0.29, 0.717) is 17.3 Å². The summed E-state index contributed by atoms with van der Waals surface area (Å²) in [5, 5.41) is 6.81. The third-order valence-electron chi connectivity index (χ3n) is 3.87. The van der Waals surface area contributed by atoms with Crippen molar-refractivity contribution in [3.05, 3.63) is 83.1 Å². The third kappa shape index (κ3) is 5.72. The molecule has 3 aromatic rings. The minimum absolute atomic E-state index is 0.0614. The lowest BCUT2D eigenvalue weighted by Crippen LogP contribution is -2.30. The van der Waals surface area contributed by atoms with Crippen molar-refractivity contribution in [2.45, 2.75) is 26.5 Å². The maximum absolute atomic E-state index is 12.1. The number of aromatic nitrogens is 1. The number of nitrogens with zero attached hydrogens (tertiary/aromatic N) is 1. The number of carbonyl (C=O) groups is 1. The molecule has 3 rings (SSSR count). The number of hydrogen-bond donors (Lipinski definition) is 2. The molecule has 0 radical (unpaired) electrons. The number of carbonyl (C=O) groups excluding carboxylic acids is 1. The van der Waals surface area contributed by atoms with Crippen molar-refractivity contribution < 1.29 is 9.53 Å².